The number of fused-ring (bicyclic) bond motifs is 2. The minimum Gasteiger partial charge on any atom is -0.385 e. The summed E-state index contributed by atoms with van der Waals surface area (Å²) in [7, 11) is 3.46. The predicted molar refractivity (Wildman–Crippen MR) is 246 cm³/mol. The van der Waals surface area contributed by atoms with Crippen molar-refractivity contribution in [1.82, 2.24) is 45.0 Å². The van der Waals surface area contributed by atoms with Crippen LogP contribution in [0.1, 0.15) is 76.2 Å². The van der Waals surface area contributed by atoms with E-state index in [2.05, 4.69) is 25.8 Å². The van der Waals surface area contributed by atoms with Crippen molar-refractivity contribution in [1.29, 1.82) is 0 Å². The van der Waals surface area contributed by atoms with E-state index in [1.807, 2.05) is 24.3 Å². The van der Waals surface area contributed by atoms with Crippen LogP contribution in [-0.2, 0) is 22.5 Å². The lowest BCUT2D eigenvalue weighted by Crippen LogP contribution is -2.59. The molecule has 20 heteroatoms. The Kier molecular flexibility index (Phi) is 11.6. The SMILES string of the molecule is CNc1cc(N2CCc3c(-c4cnc(CN5CCC6(CCN(C(=O)c7cc(C)c(Cl)c(N8CCC(=O)NC8=O)c7)CC6)C(F)(F)C5)cn4)cccc32)nn2c(C(=O)N[C@@H]3CC[C@H]3OC)cnc12. The topological polar surface area (TPSA) is 183 Å². The first-order chi connectivity index (χ1) is 32.3. The molecule has 4 fully saturated rings. The molecule has 17 nitrogen and oxygen atoms in total. The normalized spacial score (nSPS) is 21.3. The summed E-state index contributed by atoms with van der Waals surface area (Å²) in [5.74, 6) is -3.33. The van der Waals surface area contributed by atoms with Crippen LogP contribution >= 0.6 is 11.6 Å². The van der Waals surface area contributed by atoms with E-state index >= 15 is 8.78 Å². The lowest BCUT2D eigenvalue weighted by atomic mass is 9.68. The third-order valence-corrected chi connectivity index (χ3v) is 14.9. The summed E-state index contributed by atoms with van der Waals surface area (Å²) in [6.45, 7) is 3.07. The zero-order valence-electron chi connectivity index (χ0n) is 37.5. The maximum Gasteiger partial charge on any atom is 0.328 e. The molecule has 3 saturated heterocycles. The standard InChI is InChI=1S/C47H51ClF2N12O5/c1-27-19-28(20-36(41(27)48)61-15-10-40(63)56-45(61)66)44(65)59-17-12-46(13-18-59)11-16-58(26-47(46,49)50)25-29-22-53-34(23-52-29)30-5-4-6-35-31(30)9-14-60(35)39-21-33(51-2)42-54-24-37(62(42)57-39)43(64)55-32-7-8-38(32)67-3/h4-6,19-24,32,38,51H,7-18,25-26H2,1-3H3,(H,55,64)(H,56,63,66)/t32-,38-/m1/s1. The van der Waals surface area contributed by atoms with Crippen molar-refractivity contribution in [3.8, 4) is 11.3 Å². The third kappa shape index (κ3) is 7.99. The summed E-state index contributed by atoms with van der Waals surface area (Å²) in [6, 6.07) is 10.4. The van der Waals surface area contributed by atoms with Gasteiger partial charge >= 0.3 is 6.03 Å². The van der Waals surface area contributed by atoms with Gasteiger partial charge in [-0.15, -0.1) is 5.10 Å². The number of hydrogen-bond donors (Lipinski definition) is 3. The summed E-state index contributed by atoms with van der Waals surface area (Å²) < 4.78 is 39.6. The zero-order chi connectivity index (χ0) is 46.8. The number of anilines is 4. The highest BCUT2D eigenvalue weighted by Crippen LogP contribution is 2.51. The zero-order valence-corrected chi connectivity index (χ0v) is 38.2. The number of aryl methyl sites for hydroxylation is 1. The lowest BCUT2D eigenvalue weighted by Gasteiger charge is -2.51. The van der Waals surface area contributed by atoms with Crippen molar-refractivity contribution >= 4 is 63.9 Å². The predicted octanol–water partition coefficient (Wildman–Crippen LogP) is 6.00. The van der Waals surface area contributed by atoms with Crippen LogP contribution in [-0.4, -0.2) is 130 Å². The number of nitrogens with one attached hydrogen (secondary N) is 3. The number of benzene rings is 2. The third-order valence-electron chi connectivity index (χ3n) is 14.4. The van der Waals surface area contributed by atoms with E-state index in [1.165, 1.54) is 17.2 Å². The van der Waals surface area contributed by atoms with Crippen LogP contribution in [0.3, 0.4) is 0 Å². The fourth-order valence-electron chi connectivity index (χ4n) is 10.3. The fraction of sp³-hybridized carbons (Fsp3) is 0.447. The van der Waals surface area contributed by atoms with E-state index in [9.17, 15) is 19.2 Å². The average Bonchev–Trinajstić information content (AvgIpc) is 3.95. The van der Waals surface area contributed by atoms with Gasteiger partial charge in [-0.25, -0.2) is 23.1 Å². The number of nitrogens with zero attached hydrogens (tertiary/aromatic N) is 9. The molecular weight excluding hydrogens is 886 g/mol. The number of carbonyl (C=O) groups excluding carboxylic acids is 4. The average molecular weight is 937 g/mol. The van der Waals surface area contributed by atoms with E-state index in [0.29, 0.717) is 69.9 Å². The molecule has 1 spiro atoms. The number of imidazole rings is 1. The second kappa shape index (κ2) is 17.4. The molecule has 67 heavy (non-hydrogen) atoms. The number of amides is 5. The Morgan fingerprint density at radius 3 is 2.43 bits per heavy atom. The number of methoxy groups -OCH3 is 1. The Morgan fingerprint density at radius 1 is 0.940 bits per heavy atom. The van der Waals surface area contributed by atoms with Gasteiger partial charge in [0.2, 0.25) is 5.91 Å². The highest BCUT2D eigenvalue weighted by molar-refractivity contribution is 6.35. The van der Waals surface area contributed by atoms with Gasteiger partial charge in [0.15, 0.2) is 17.2 Å². The maximum atomic E-state index is 16.3. The molecule has 10 rings (SSSR count). The van der Waals surface area contributed by atoms with Crippen molar-refractivity contribution < 1.29 is 32.7 Å². The Morgan fingerprint density at radius 2 is 1.73 bits per heavy atom. The first kappa shape index (κ1) is 44.5. The fourth-order valence-corrected chi connectivity index (χ4v) is 10.5. The summed E-state index contributed by atoms with van der Waals surface area (Å²) in [5.41, 5.74) is 5.75. The molecule has 7 heterocycles. The molecule has 350 valence electrons. The van der Waals surface area contributed by atoms with Gasteiger partial charge in [0.05, 0.1) is 65.1 Å². The maximum absolute atomic E-state index is 16.3. The number of alkyl halides is 2. The highest BCUT2D eigenvalue weighted by Gasteiger charge is 2.57. The molecule has 3 N–H and O–H groups in total. The number of carbonyl (C=O) groups is 4. The molecule has 5 amide bonds. The second-order valence-electron chi connectivity index (χ2n) is 18.2. The number of hydrogen-bond acceptors (Lipinski definition) is 12. The molecule has 2 aromatic carbocycles. The number of likely N-dealkylation sites (tertiary alicyclic amines) is 2. The number of rotatable bonds is 10. The molecule has 1 saturated carbocycles. The molecule has 3 aromatic heterocycles. The van der Waals surface area contributed by atoms with E-state index in [4.69, 9.17) is 31.4 Å². The van der Waals surface area contributed by atoms with Crippen LogP contribution in [0.2, 0.25) is 5.02 Å². The highest BCUT2D eigenvalue weighted by atomic mass is 35.5. The largest absolute Gasteiger partial charge is 0.385 e. The summed E-state index contributed by atoms with van der Waals surface area (Å²) in [6.07, 6.45) is 8.03. The number of imide groups is 1. The molecule has 1 aliphatic carbocycles. The molecule has 4 aliphatic heterocycles. The number of ether oxygens (including phenoxy) is 1. The number of urea groups is 1. The van der Waals surface area contributed by atoms with Crippen LogP contribution in [0.4, 0.5) is 36.5 Å². The Balaban J connectivity index is 0.785. The minimum absolute atomic E-state index is 0.0108. The Bertz CT molecular complexity index is 2800. The van der Waals surface area contributed by atoms with Gasteiger partial charge in [0, 0.05) is 81.6 Å². The van der Waals surface area contributed by atoms with Crippen LogP contribution in [0.5, 0.6) is 0 Å². The van der Waals surface area contributed by atoms with Gasteiger partial charge in [0.25, 0.3) is 17.7 Å². The van der Waals surface area contributed by atoms with E-state index in [-0.39, 0.29) is 81.7 Å². The number of aromatic nitrogens is 5. The van der Waals surface area contributed by atoms with E-state index < -0.39 is 23.9 Å². The van der Waals surface area contributed by atoms with Crippen molar-refractivity contribution in [3.05, 3.63) is 88.1 Å². The molecule has 0 radical (unpaired) electrons. The molecule has 0 bridgehead atoms. The first-order valence-electron chi connectivity index (χ1n) is 22.7. The second-order valence-corrected chi connectivity index (χ2v) is 18.6. The van der Waals surface area contributed by atoms with E-state index in [0.717, 1.165) is 35.3 Å². The monoisotopic (exact) mass is 936 g/mol. The van der Waals surface area contributed by atoms with Crippen LogP contribution in [0.15, 0.2) is 55.0 Å². The van der Waals surface area contributed by atoms with Crippen LogP contribution in [0.25, 0.3) is 16.9 Å². The minimum atomic E-state index is -3.00. The van der Waals surface area contributed by atoms with Gasteiger partial charge < -0.3 is 25.2 Å². The lowest BCUT2D eigenvalue weighted by molar-refractivity contribution is -0.186. The summed E-state index contributed by atoms with van der Waals surface area (Å²) in [4.78, 5) is 72.3. The number of halogens is 3. The van der Waals surface area contributed by atoms with Crippen molar-refractivity contribution in [2.24, 2.45) is 5.41 Å². The Labute approximate surface area is 390 Å². The molecule has 5 aliphatic rings. The quantitative estimate of drug-likeness (QED) is 0.149. The van der Waals surface area contributed by atoms with Gasteiger partial charge in [0.1, 0.15) is 0 Å². The van der Waals surface area contributed by atoms with E-state index in [1.54, 1.807) is 53.9 Å². The van der Waals surface area contributed by atoms with Gasteiger partial charge in [-0.2, -0.15) is 0 Å². The summed E-state index contributed by atoms with van der Waals surface area (Å²) in [5, 5.41) is 13.8. The Hall–Kier alpha value is -6.31. The smallest absolute Gasteiger partial charge is 0.328 e. The molecular formula is C47H51ClF2N12O5. The van der Waals surface area contributed by atoms with Crippen LogP contribution < -0.4 is 25.8 Å². The molecule has 2 atom stereocenters. The van der Waals surface area contributed by atoms with Crippen molar-refractivity contribution in [3.63, 3.8) is 0 Å². The number of piperidine rings is 2. The molecule has 5 aromatic rings. The van der Waals surface area contributed by atoms with Crippen molar-refractivity contribution in [2.45, 2.75) is 76.5 Å². The van der Waals surface area contributed by atoms with Gasteiger partial charge in [-0.3, -0.25) is 39.5 Å². The van der Waals surface area contributed by atoms with Gasteiger partial charge in [-0.1, -0.05) is 23.7 Å². The molecule has 0 unspecified atom stereocenters. The first-order valence-corrected chi connectivity index (χ1v) is 23.1. The summed E-state index contributed by atoms with van der Waals surface area (Å²) >= 11 is 6.56. The van der Waals surface area contributed by atoms with Crippen LogP contribution in [0, 0.1) is 12.3 Å². The van der Waals surface area contributed by atoms with Gasteiger partial charge in [-0.05, 0) is 81.3 Å². The van der Waals surface area contributed by atoms with Crippen molar-refractivity contribution in [2.75, 3.05) is 68.5 Å².